The lowest BCUT2D eigenvalue weighted by Gasteiger charge is -2.23. The van der Waals surface area contributed by atoms with Gasteiger partial charge in [-0.15, -0.1) is 10.2 Å². The van der Waals surface area contributed by atoms with E-state index in [2.05, 4.69) is 43.1 Å². The maximum Gasteiger partial charge on any atom is 0.334 e. The van der Waals surface area contributed by atoms with E-state index in [0.29, 0.717) is 35.6 Å². The zero-order valence-corrected chi connectivity index (χ0v) is 19.0. The fourth-order valence-corrected chi connectivity index (χ4v) is 4.30. The number of cyclic esters (lactones) is 1. The number of aliphatic hydroxyl groups is 1. The van der Waals surface area contributed by atoms with Crippen LogP contribution in [-0.4, -0.2) is 43.5 Å². The van der Waals surface area contributed by atoms with Crippen LogP contribution in [0.3, 0.4) is 0 Å². The second kappa shape index (κ2) is 10.2. The summed E-state index contributed by atoms with van der Waals surface area (Å²) < 4.78 is 5.64. The van der Waals surface area contributed by atoms with E-state index in [0.717, 1.165) is 24.8 Å². The Morgan fingerprint density at radius 2 is 1.84 bits per heavy atom. The van der Waals surface area contributed by atoms with Crippen molar-refractivity contribution < 1.29 is 14.6 Å². The number of ether oxygens (including phenoxy) is 1. The smallest absolute Gasteiger partial charge is 0.334 e. The van der Waals surface area contributed by atoms with Crippen molar-refractivity contribution in [2.24, 2.45) is 17.8 Å². The van der Waals surface area contributed by atoms with Crippen LogP contribution in [0.25, 0.3) is 11.4 Å². The molecule has 1 aromatic carbocycles. The number of rotatable bonds is 10. The van der Waals surface area contributed by atoms with Crippen molar-refractivity contribution in [3.05, 3.63) is 42.0 Å². The van der Waals surface area contributed by atoms with Gasteiger partial charge in [0.2, 0.25) is 5.82 Å². The van der Waals surface area contributed by atoms with Crippen molar-refractivity contribution >= 4 is 5.97 Å². The topological polar surface area (TPSA) is 90.1 Å². The first-order valence-corrected chi connectivity index (χ1v) is 11.2. The fourth-order valence-electron chi connectivity index (χ4n) is 4.30. The zero-order valence-electron chi connectivity index (χ0n) is 19.0. The summed E-state index contributed by atoms with van der Waals surface area (Å²) in [5, 5.41) is 22.6. The van der Waals surface area contributed by atoms with Crippen molar-refractivity contribution in [1.82, 2.24) is 20.2 Å². The third kappa shape index (κ3) is 6.23. The molecule has 7 nitrogen and oxygen atoms in total. The third-order valence-electron chi connectivity index (χ3n) is 5.59. The number of nitrogens with zero attached hydrogens (tertiary/aromatic N) is 4. The van der Waals surface area contributed by atoms with Gasteiger partial charge in [-0.05, 0) is 42.2 Å². The molecule has 1 atom stereocenters. The quantitative estimate of drug-likeness (QED) is 0.455. The van der Waals surface area contributed by atoms with Gasteiger partial charge in [0, 0.05) is 17.6 Å². The van der Waals surface area contributed by atoms with Crippen LogP contribution in [0.1, 0.15) is 53.4 Å². The average Bonchev–Trinajstić information content (AvgIpc) is 3.31. The first kappa shape index (κ1) is 23.1. The normalized spacial score (nSPS) is 20.4. The van der Waals surface area contributed by atoms with Crippen LogP contribution in [0.15, 0.2) is 42.0 Å². The lowest BCUT2D eigenvalue weighted by Crippen LogP contribution is -2.38. The first-order chi connectivity index (χ1) is 14.8. The SMILES string of the molecule is CC(C)CC(C/C=C1\CC(CO)(Cn2nnc(-c3ccccc3)n2)OC1=O)CC(C)C. The van der Waals surface area contributed by atoms with Crippen molar-refractivity contribution in [3.8, 4) is 11.4 Å². The molecule has 1 fully saturated rings. The summed E-state index contributed by atoms with van der Waals surface area (Å²) in [5.41, 5.74) is 0.440. The third-order valence-corrected chi connectivity index (χ3v) is 5.59. The molecule has 1 N–H and O–H groups in total. The van der Waals surface area contributed by atoms with E-state index < -0.39 is 5.60 Å². The Balaban J connectivity index is 1.69. The van der Waals surface area contributed by atoms with Crippen LogP contribution in [-0.2, 0) is 16.1 Å². The molecule has 2 aromatic rings. The minimum absolute atomic E-state index is 0.161. The van der Waals surface area contributed by atoms with E-state index in [1.807, 2.05) is 36.4 Å². The molecule has 31 heavy (non-hydrogen) atoms. The van der Waals surface area contributed by atoms with Gasteiger partial charge in [0.25, 0.3) is 0 Å². The molecule has 0 aliphatic carbocycles. The van der Waals surface area contributed by atoms with Crippen LogP contribution >= 0.6 is 0 Å². The predicted molar refractivity (Wildman–Crippen MR) is 119 cm³/mol. The van der Waals surface area contributed by atoms with Crippen LogP contribution in [0, 0.1) is 17.8 Å². The molecular weight excluding hydrogens is 392 g/mol. The van der Waals surface area contributed by atoms with Crippen molar-refractivity contribution in [1.29, 1.82) is 0 Å². The van der Waals surface area contributed by atoms with Gasteiger partial charge >= 0.3 is 5.97 Å². The molecule has 0 amide bonds. The predicted octanol–water partition coefficient (Wildman–Crippen LogP) is 4.04. The van der Waals surface area contributed by atoms with Crippen molar-refractivity contribution in [3.63, 3.8) is 0 Å². The molecule has 0 radical (unpaired) electrons. The van der Waals surface area contributed by atoms with Gasteiger partial charge < -0.3 is 9.84 Å². The minimum Gasteiger partial charge on any atom is -0.451 e. The lowest BCUT2D eigenvalue weighted by molar-refractivity contribution is -0.151. The molecule has 0 saturated carbocycles. The summed E-state index contributed by atoms with van der Waals surface area (Å²) >= 11 is 0. The van der Waals surface area contributed by atoms with E-state index in [9.17, 15) is 9.90 Å². The number of aromatic nitrogens is 4. The summed E-state index contributed by atoms with van der Waals surface area (Å²) in [6, 6.07) is 9.56. The lowest BCUT2D eigenvalue weighted by atomic mass is 9.86. The maximum absolute atomic E-state index is 12.6. The summed E-state index contributed by atoms with van der Waals surface area (Å²) in [6.45, 7) is 8.80. The van der Waals surface area contributed by atoms with Gasteiger partial charge in [0.15, 0.2) is 5.60 Å². The summed E-state index contributed by atoms with van der Waals surface area (Å²) in [7, 11) is 0. The standard InChI is InChI=1S/C24H34N4O3/c1-17(2)12-19(13-18(3)4)10-11-21-14-24(16-29,31-23(21)30)15-28-26-22(25-27-28)20-8-6-5-7-9-20/h5-9,11,17-19,29H,10,12-16H2,1-4H3/b21-11+. The van der Waals surface area contributed by atoms with E-state index in [1.165, 1.54) is 4.80 Å². The second-order valence-electron chi connectivity index (χ2n) is 9.51. The van der Waals surface area contributed by atoms with Crippen molar-refractivity contribution in [2.75, 3.05) is 6.61 Å². The zero-order chi connectivity index (χ0) is 22.4. The minimum atomic E-state index is -1.05. The van der Waals surface area contributed by atoms with E-state index in [-0.39, 0.29) is 19.1 Å². The number of benzene rings is 1. The van der Waals surface area contributed by atoms with E-state index in [4.69, 9.17) is 4.74 Å². The Kier molecular flexibility index (Phi) is 7.59. The summed E-state index contributed by atoms with van der Waals surface area (Å²) in [4.78, 5) is 14.0. The van der Waals surface area contributed by atoms with Gasteiger partial charge in [0.1, 0.15) is 6.54 Å². The molecule has 1 aliphatic rings. The number of tetrazole rings is 1. The number of aliphatic hydroxyl groups excluding tert-OH is 1. The molecule has 0 spiro atoms. The Morgan fingerprint density at radius 3 is 2.45 bits per heavy atom. The van der Waals surface area contributed by atoms with Gasteiger partial charge in [-0.3, -0.25) is 0 Å². The number of hydrogen-bond donors (Lipinski definition) is 1. The van der Waals surface area contributed by atoms with Crippen LogP contribution in [0.5, 0.6) is 0 Å². The largest absolute Gasteiger partial charge is 0.451 e. The highest BCUT2D eigenvalue weighted by molar-refractivity contribution is 5.91. The number of carbonyl (C=O) groups excluding carboxylic acids is 1. The summed E-state index contributed by atoms with van der Waals surface area (Å²) in [6.07, 6.45) is 5.47. The number of allylic oxidation sites excluding steroid dienone is 1. The first-order valence-electron chi connectivity index (χ1n) is 11.2. The molecule has 2 heterocycles. The van der Waals surface area contributed by atoms with Crippen LogP contribution in [0.4, 0.5) is 0 Å². The molecule has 1 saturated heterocycles. The number of carbonyl (C=O) groups is 1. The highest BCUT2D eigenvalue weighted by atomic mass is 16.6. The maximum atomic E-state index is 12.6. The van der Waals surface area contributed by atoms with Gasteiger partial charge in [-0.2, -0.15) is 4.80 Å². The van der Waals surface area contributed by atoms with E-state index >= 15 is 0 Å². The van der Waals surface area contributed by atoms with Crippen LogP contribution in [0.2, 0.25) is 0 Å². The Bertz CT molecular complexity index is 881. The number of hydrogen-bond acceptors (Lipinski definition) is 6. The van der Waals surface area contributed by atoms with Crippen molar-refractivity contribution in [2.45, 2.75) is 65.5 Å². The van der Waals surface area contributed by atoms with Gasteiger partial charge in [0.05, 0.1) is 6.61 Å². The highest BCUT2D eigenvalue weighted by Crippen LogP contribution is 2.34. The molecule has 1 aliphatic heterocycles. The van der Waals surface area contributed by atoms with Gasteiger partial charge in [-0.25, -0.2) is 4.79 Å². The monoisotopic (exact) mass is 426 g/mol. The Labute approximate surface area is 184 Å². The second-order valence-corrected chi connectivity index (χ2v) is 9.51. The molecule has 1 unspecified atom stereocenters. The summed E-state index contributed by atoms with van der Waals surface area (Å²) in [5.74, 6) is 1.91. The fraction of sp³-hybridized carbons (Fsp3) is 0.583. The average molecular weight is 427 g/mol. The molecule has 1 aromatic heterocycles. The van der Waals surface area contributed by atoms with Gasteiger partial charge in [-0.1, -0.05) is 64.1 Å². The Morgan fingerprint density at radius 1 is 1.16 bits per heavy atom. The number of esters is 1. The molecular formula is C24H34N4O3. The molecule has 7 heteroatoms. The molecule has 0 bridgehead atoms. The highest BCUT2D eigenvalue weighted by Gasteiger charge is 2.44. The van der Waals surface area contributed by atoms with E-state index in [1.54, 1.807) is 0 Å². The molecule has 3 rings (SSSR count). The molecule has 168 valence electrons. The van der Waals surface area contributed by atoms with Crippen LogP contribution < -0.4 is 0 Å². The Hall–Kier alpha value is -2.54.